The Morgan fingerprint density at radius 1 is 0.500 bits per heavy atom. The molecule has 1 aliphatic carbocycles. The van der Waals surface area contributed by atoms with Crippen LogP contribution in [0.3, 0.4) is 0 Å². The van der Waals surface area contributed by atoms with Gasteiger partial charge in [0.2, 0.25) is 0 Å². The van der Waals surface area contributed by atoms with Gasteiger partial charge in [-0.25, -0.2) is 0 Å². The summed E-state index contributed by atoms with van der Waals surface area (Å²) in [5, 5.41) is 12.5. The molecule has 0 spiro atoms. The fourth-order valence-corrected chi connectivity index (χ4v) is 8.33. The smallest absolute Gasteiger partial charge is 0.0625 e. The summed E-state index contributed by atoms with van der Waals surface area (Å²) in [4.78, 5) is 0. The molecule has 8 aromatic carbocycles. The van der Waals surface area contributed by atoms with Gasteiger partial charge in [-0.2, -0.15) is 0 Å². The molecule has 9 aromatic rings. The first-order chi connectivity index (χ1) is 25.4. The molecule has 0 bridgehead atoms. The van der Waals surface area contributed by atoms with Crippen LogP contribution < -0.4 is 10.4 Å². The molecule has 1 heteroatoms. The van der Waals surface area contributed by atoms with Crippen molar-refractivity contribution in [3.63, 3.8) is 0 Å². The fourth-order valence-electron chi connectivity index (χ4n) is 8.33. The zero-order chi connectivity index (χ0) is 35.0. The summed E-state index contributed by atoms with van der Waals surface area (Å²) in [6.07, 6.45) is 6.66. The van der Waals surface area contributed by atoms with E-state index in [1.54, 1.807) is 0 Å². The standard InChI is InChI=1S/C51H37N/c1-51(2,3)37-27-22-35(23-28-37)47-32-36-21-20-33(26-31-39(36)40-12-4-5-15-43(40)47)34-24-29-38(30-25-34)52-48-19-11-10-18-46(48)49-44-16-8-6-13-41(44)42-14-7-9-17-45(42)50(49)52/h4-30,32H,1-3H3. The molecule has 0 fully saturated rings. The highest BCUT2D eigenvalue weighted by Gasteiger charge is 2.19. The molecule has 0 radical (unpaired) electrons. The first kappa shape index (κ1) is 30.4. The monoisotopic (exact) mass is 663 g/mol. The van der Waals surface area contributed by atoms with E-state index in [1.165, 1.54) is 81.6 Å². The topological polar surface area (TPSA) is 4.93 Å². The molecule has 1 aromatic heterocycles. The van der Waals surface area contributed by atoms with Crippen molar-refractivity contribution in [1.29, 1.82) is 0 Å². The van der Waals surface area contributed by atoms with Gasteiger partial charge in [-0.05, 0) is 95.7 Å². The maximum atomic E-state index is 3.72. The molecule has 0 N–H and O–H groups in total. The number of fused-ring (bicyclic) bond motifs is 11. The lowest BCUT2D eigenvalue weighted by Gasteiger charge is -2.19. The maximum absolute atomic E-state index is 3.72. The molecule has 0 unspecified atom stereocenters. The Kier molecular flexibility index (Phi) is 6.77. The molecule has 52 heavy (non-hydrogen) atoms. The Bertz CT molecular complexity index is 3100. The van der Waals surface area contributed by atoms with Crippen LogP contribution in [0.15, 0.2) is 164 Å². The van der Waals surface area contributed by atoms with Crippen LogP contribution in [0.4, 0.5) is 0 Å². The van der Waals surface area contributed by atoms with Gasteiger partial charge in [0.15, 0.2) is 0 Å². The lowest BCUT2D eigenvalue weighted by molar-refractivity contribution is 0.590. The summed E-state index contributed by atoms with van der Waals surface area (Å²) in [7, 11) is 0. The average molecular weight is 664 g/mol. The number of hydrogen-bond acceptors (Lipinski definition) is 0. The van der Waals surface area contributed by atoms with Gasteiger partial charge in [0.05, 0.1) is 11.0 Å². The van der Waals surface area contributed by atoms with Crippen molar-refractivity contribution in [2.75, 3.05) is 0 Å². The number of para-hydroxylation sites is 1. The molecule has 0 atom stereocenters. The van der Waals surface area contributed by atoms with Crippen LogP contribution in [0, 0.1) is 0 Å². The van der Waals surface area contributed by atoms with Crippen molar-refractivity contribution in [1.82, 2.24) is 4.57 Å². The molecule has 0 amide bonds. The number of aromatic nitrogens is 1. The summed E-state index contributed by atoms with van der Waals surface area (Å²) in [5.41, 5.74) is 13.6. The SMILES string of the molecule is CC(C)(C)c1ccc(-c2cc3c(c4ccccc24)=C=CC(c2ccc(-n4c5ccccc5c5c6ccccc6c6ccccc6c54)cc2)=CC=3)cc1. The van der Waals surface area contributed by atoms with Crippen LogP contribution in [0.2, 0.25) is 0 Å². The van der Waals surface area contributed by atoms with Crippen molar-refractivity contribution in [2.24, 2.45) is 0 Å². The van der Waals surface area contributed by atoms with Gasteiger partial charge in [-0.1, -0.05) is 160 Å². The second-order valence-corrected chi connectivity index (χ2v) is 15.1. The Morgan fingerprint density at radius 3 is 1.79 bits per heavy atom. The Morgan fingerprint density at radius 2 is 1.08 bits per heavy atom. The largest absolute Gasteiger partial charge is 0.309 e. The fraction of sp³-hybridized carbons (Fsp3) is 0.0784. The Labute approximate surface area is 303 Å². The molecule has 1 aliphatic rings. The molecule has 1 nitrogen and oxygen atoms in total. The second kappa shape index (κ2) is 11.6. The van der Waals surface area contributed by atoms with Crippen LogP contribution >= 0.6 is 0 Å². The van der Waals surface area contributed by atoms with E-state index < -0.39 is 0 Å². The van der Waals surface area contributed by atoms with Crippen LogP contribution in [0.5, 0.6) is 0 Å². The van der Waals surface area contributed by atoms with E-state index in [4.69, 9.17) is 0 Å². The number of rotatable bonds is 3. The summed E-state index contributed by atoms with van der Waals surface area (Å²) in [5.74, 6) is 0. The predicted octanol–water partition coefficient (Wildman–Crippen LogP) is 12.0. The van der Waals surface area contributed by atoms with E-state index in [1.807, 2.05) is 0 Å². The van der Waals surface area contributed by atoms with E-state index in [2.05, 4.69) is 201 Å². The van der Waals surface area contributed by atoms with E-state index in [0.29, 0.717) is 0 Å². The summed E-state index contributed by atoms with van der Waals surface area (Å²) in [6, 6.07) is 55.7. The van der Waals surface area contributed by atoms with Crippen LogP contribution in [-0.2, 0) is 5.41 Å². The Balaban J connectivity index is 1.11. The van der Waals surface area contributed by atoms with Crippen LogP contribution in [-0.4, -0.2) is 4.57 Å². The maximum Gasteiger partial charge on any atom is 0.0625 e. The first-order valence-electron chi connectivity index (χ1n) is 18.2. The van der Waals surface area contributed by atoms with Gasteiger partial charge in [-0.15, -0.1) is 5.73 Å². The molecule has 0 saturated carbocycles. The first-order valence-corrected chi connectivity index (χ1v) is 18.2. The summed E-state index contributed by atoms with van der Waals surface area (Å²) < 4.78 is 2.45. The molecule has 246 valence electrons. The van der Waals surface area contributed by atoms with Gasteiger partial charge in [-0.3, -0.25) is 0 Å². The second-order valence-electron chi connectivity index (χ2n) is 15.1. The van der Waals surface area contributed by atoms with Crippen molar-refractivity contribution in [3.8, 4) is 16.8 Å². The third kappa shape index (κ3) is 4.71. The minimum atomic E-state index is 0.119. The quantitative estimate of drug-likeness (QED) is 0.166. The number of nitrogens with zero attached hydrogens (tertiary/aromatic N) is 1. The van der Waals surface area contributed by atoms with Gasteiger partial charge >= 0.3 is 0 Å². The summed E-state index contributed by atoms with van der Waals surface area (Å²) in [6.45, 7) is 6.80. The Hall–Kier alpha value is -6.40. The molecule has 0 saturated heterocycles. The highest BCUT2D eigenvalue weighted by molar-refractivity contribution is 6.32. The number of allylic oxidation sites excluding steroid dienone is 3. The average Bonchev–Trinajstić information content (AvgIpc) is 3.38. The predicted molar refractivity (Wildman–Crippen MR) is 224 cm³/mol. The van der Waals surface area contributed by atoms with Crippen molar-refractivity contribution in [3.05, 3.63) is 185 Å². The van der Waals surface area contributed by atoms with Gasteiger partial charge in [0.1, 0.15) is 0 Å². The van der Waals surface area contributed by atoms with Crippen LogP contribution in [0.1, 0.15) is 31.9 Å². The molecule has 1 heterocycles. The zero-order valence-corrected chi connectivity index (χ0v) is 29.6. The highest BCUT2D eigenvalue weighted by Crippen LogP contribution is 2.42. The van der Waals surface area contributed by atoms with Crippen molar-refractivity contribution in [2.45, 2.75) is 26.2 Å². The van der Waals surface area contributed by atoms with E-state index in [9.17, 15) is 0 Å². The highest BCUT2D eigenvalue weighted by atomic mass is 15.0. The van der Waals surface area contributed by atoms with E-state index >= 15 is 0 Å². The van der Waals surface area contributed by atoms with Crippen molar-refractivity contribution >= 4 is 71.5 Å². The van der Waals surface area contributed by atoms with Gasteiger partial charge < -0.3 is 4.57 Å². The van der Waals surface area contributed by atoms with Gasteiger partial charge in [0, 0.05) is 27.1 Å². The van der Waals surface area contributed by atoms with E-state index in [0.717, 1.165) is 16.5 Å². The van der Waals surface area contributed by atoms with Gasteiger partial charge in [0.25, 0.3) is 0 Å². The third-order valence-corrected chi connectivity index (χ3v) is 11.0. The summed E-state index contributed by atoms with van der Waals surface area (Å²) >= 11 is 0. The molecular weight excluding hydrogens is 627 g/mol. The molecule has 10 rings (SSSR count). The van der Waals surface area contributed by atoms with Crippen molar-refractivity contribution < 1.29 is 0 Å². The minimum Gasteiger partial charge on any atom is -0.309 e. The number of benzene rings is 8. The number of hydrogen-bond donors (Lipinski definition) is 0. The minimum absolute atomic E-state index is 0.119. The molecular formula is C51H37N. The molecule has 0 aliphatic heterocycles. The van der Waals surface area contributed by atoms with Crippen LogP contribution in [0.25, 0.3) is 88.3 Å². The normalized spacial score (nSPS) is 12.9. The third-order valence-electron chi connectivity index (χ3n) is 11.0. The zero-order valence-electron chi connectivity index (χ0n) is 29.6. The van der Waals surface area contributed by atoms with E-state index in [-0.39, 0.29) is 5.41 Å². The lowest BCUT2D eigenvalue weighted by Crippen LogP contribution is -2.24. The lowest BCUT2D eigenvalue weighted by atomic mass is 9.86.